The van der Waals surface area contributed by atoms with Crippen LogP contribution in [0.15, 0.2) is 24.4 Å². The molecule has 1 atom stereocenters. The molecule has 0 saturated heterocycles. The maximum Gasteiger partial charge on any atom is 0.155 e. The molecule has 0 aliphatic rings. The Morgan fingerprint density at radius 3 is 2.67 bits per heavy atom. The van der Waals surface area contributed by atoms with Gasteiger partial charge in [-0.25, -0.2) is 0 Å². The second-order valence-electron chi connectivity index (χ2n) is 2.97. The molecular weight excluding hydrogens is 152 g/mol. The summed E-state index contributed by atoms with van der Waals surface area (Å²) in [6.45, 7) is 3.13. The minimum Gasteiger partial charge on any atom is -0.314 e. The lowest BCUT2D eigenvalue weighted by Crippen LogP contribution is -2.40. The van der Waals surface area contributed by atoms with Crippen molar-refractivity contribution in [2.24, 2.45) is 5.73 Å². The number of nitrogens with two attached hydrogens (primary N) is 1. The van der Waals surface area contributed by atoms with Crippen molar-refractivity contribution >= 4 is 5.78 Å². The Morgan fingerprint density at radius 1 is 1.58 bits per heavy atom. The predicted octanol–water partition coefficient (Wildman–Crippen LogP) is 0.845. The number of carbonyl (C=O) groups is 1. The summed E-state index contributed by atoms with van der Waals surface area (Å²) in [5.74, 6) is -0.0822. The van der Waals surface area contributed by atoms with Crippen molar-refractivity contribution < 1.29 is 4.79 Å². The highest BCUT2D eigenvalue weighted by molar-refractivity contribution is 5.86. The van der Waals surface area contributed by atoms with Gasteiger partial charge in [-0.15, -0.1) is 0 Å². The van der Waals surface area contributed by atoms with Gasteiger partial charge in [0.15, 0.2) is 5.78 Å². The molecule has 0 radical (unpaired) electrons. The highest BCUT2D eigenvalue weighted by Gasteiger charge is 2.27. The van der Waals surface area contributed by atoms with Crippen molar-refractivity contribution in [2.45, 2.75) is 19.4 Å². The van der Waals surface area contributed by atoms with Crippen LogP contribution in [0.25, 0.3) is 0 Å². The maximum atomic E-state index is 11.1. The van der Waals surface area contributed by atoms with E-state index >= 15 is 0 Å². The van der Waals surface area contributed by atoms with E-state index in [9.17, 15) is 4.79 Å². The summed E-state index contributed by atoms with van der Waals surface area (Å²) in [6, 6.07) is 5.36. The zero-order valence-corrected chi connectivity index (χ0v) is 7.24. The van der Waals surface area contributed by atoms with E-state index < -0.39 is 5.54 Å². The number of ketones is 1. The first-order valence-electron chi connectivity index (χ1n) is 3.76. The molecule has 0 aliphatic heterocycles. The van der Waals surface area contributed by atoms with Crippen LogP contribution in [0.4, 0.5) is 0 Å². The molecule has 12 heavy (non-hydrogen) atoms. The highest BCUT2D eigenvalue weighted by Crippen LogP contribution is 2.14. The maximum absolute atomic E-state index is 11.1. The van der Waals surface area contributed by atoms with Crippen molar-refractivity contribution in [2.75, 3.05) is 0 Å². The van der Waals surface area contributed by atoms with Gasteiger partial charge < -0.3 is 5.73 Å². The van der Waals surface area contributed by atoms with Gasteiger partial charge in [-0.3, -0.25) is 9.78 Å². The van der Waals surface area contributed by atoms with Crippen molar-refractivity contribution in [3.05, 3.63) is 30.1 Å². The molecule has 1 heterocycles. The lowest BCUT2D eigenvalue weighted by atomic mass is 9.94. The number of carbonyl (C=O) groups excluding carboxylic acids is 1. The summed E-state index contributed by atoms with van der Waals surface area (Å²) < 4.78 is 0. The van der Waals surface area contributed by atoms with Crippen LogP contribution in [0.5, 0.6) is 0 Å². The number of rotatable bonds is 2. The van der Waals surface area contributed by atoms with E-state index in [1.54, 1.807) is 25.3 Å². The molecule has 64 valence electrons. The molecule has 0 fully saturated rings. The Kier molecular flexibility index (Phi) is 2.24. The minimum atomic E-state index is -0.957. The number of nitrogens with zero attached hydrogens (tertiary/aromatic N) is 1. The van der Waals surface area contributed by atoms with Crippen molar-refractivity contribution in [1.29, 1.82) is 0 Å². The normalized spacial score (nSPS) is 15.2. The molecular formula is C9H12N2O. The zero-order chi connectivity index (χ0) is 9.19. The van der Waals surface area contributed by atoms with Crippen LogP contribution in [0, 0.1) is 0 Å². The molecule has 1 rings (SSSR count). The van der Waals surface area contributed by atoms with Crippen LogP contribution in [0.2, 0.25) is 0 Å². The number of hydrogen-bond donors (Lipinski definition) is 1. The summed E-state index contributed by atoms with van der Waals surface area (Å²) >= 11 is 0. The van der Waals surface area contributed by atoms with Crippen LogP contribution in [-0.4, -0.2) is 10.8 Å². The Hall–Kier alpha value is -1.22. The molecule has 0 saturated carbocycles. The van der Waals surface area contributed by atoms with Gasteiger partial charge in [0.25, 0.3) is 0 Å². The van der Waals surface area contributed by atoms with Crippen LogP contribution in [-0.2, 0) is 10.3 Å². The van der Waals surface area contributed by atoms with E-state index in [1.807, 2.05) is 6.07 Å². The standard InChI is InChI=1S/C9H12N2O/c1-7(12)9(2,10)8-5-3-4-6-11-8/h3-6H,10H2,1-2H3/t9-/m0/s1. The Balaban J connectivity index is 3.06. The van der Waals surface area contributed by atoms with Crippen molar-refractivity contribution in [3.8, 4) is 0 Å². The van der Waals surface area contributed by atoms with Gasteiger partial charge in [0, 0.05) is 6.20 Å². The van der Waals surface area contributed by atoms with Crippen molar-refractivity contribution in [3.63, 3.8) is 0 Å². The summed E-state index contributed by atoms with van der Waals surface area (Å²) in [6.07, 6.45) is 1.63. The van der Waals surface area contributed by atoms with Crippen LogP contribution >= 0.6 is 0 Å². The molecule has 2 N–H and O–H groups in total. The third-order valence-corrected chi connectivity index (χ3v) is 1.93. The third-order valence-electron chi connectivity index (χ3n) is 1.93. The minimum absolute atomic E-state index is 0.0822. The average molecular weight is 164 g/mol. The Morgan fingerprint density at radius 2 is 2.25 bits per heavy atom. The highest BCUT2D eigenvalue weighted by atomic mass is 16.1. The molecule has 1 aromatic heterocycles. The van der Waals surface area contributed by atoms with Gasteiger partial charge in [0.2, 0.25) is 0 Å². The average Bonchev–Trinajstić information content (AvgIpc) is 2.06. The number of hydrogen-bond acceptors (Lipinski definition) is 3. The fraction of sp³-hybridized carbons (Fsp3) is 0.333. The molecule has 0 aliphatic carbocycles. The number of pyridine rings is 1. The van der Waals surface area contributed by atoms with Crippen molar-refractivity contribution in [1.82, 2.24) is 4.98 Å². The molecule has 0 unspecified atom stereocenters. The fourth-order valence-electron chi connectivity index (χ4n) is 0.850. The van der Waals surface area contributed by atoms with E-state index in [2.05, 4.69) is 4.98 Å². The molecule has 0 aromatic carbocycles. The summed E-state index contributed by atoms with van der Waals surface area (Å²) in [5, 5.41) is 0. The molecule has 0 amide bonds. The Labute approximate surface area is 71.6 Å². The topological polar surface area (TPSA) is 56.0 Å². The van der Waals surface area contributed by atoms with E-state index in [1.165, 1.54) is 6.92 Å². The smallest absolute Gasteiger partial charge is 0.155 e. The van der Waals surface area contributed by atoms with Gasteiger partial charge >= 0.3 is 0 Å². The third kappa shape index (κ3) is 1.51. The van der Waals surface area contributed by atoms with Gasteiger partial charge in [-0.05, 0) is 26.0 Å². The molecule has 0 bridgehead atoms. The summed E-state index contributed by atoms with van der Waals surface area (Å²) in [7, 11) is 0. The second-order valence-corrected chi connectivity index (χ2v) is 2.97. The second kappa shape index (κ2) is 3.03. The lowest BCUT2D eigenvalue weighted by Gasteiger charge is -2.19. The van der Waals surface area contributed by atoms with Gasteiger partial charge in [0.1, 0.15) is 5.54 Å². The van der Waals surface area contributed by atoms with E-state index in [4.69, 9.17) is 5.73 Å². The zero-order valence-electron chi connectivity index (χ0n) is 7.24. The number of Topliss-reactive ketones (excluding diaryl/α,β-unsaturated/α-hetero) is 1. The molecule has 3 nitrogen and oxygen atoms in total. The van der Waals surface area contributed by atoms with E-state index in [0.717, 1.165) is 0 Å². The first kappa shape index (κ1) is 8.87. The lowest BCUT2D eigenvalue weighted by molar-refractivity contribution is -0.121. The fourth-order valence-corrected chi connectivity index (χ4v) is 0.850. The summed E-state index contributed by atoms with van der Waals surface area (Å²) in [4.78, 5) is 15.1. The van der Waals surface area contributed by atoms with Crippen LogP contribution in [0.1, 0.15) is 19.5 Å². The molecule has 3 heteroatoms. The van der Waals surface area contributed by atoms with Gasteiger partial charge in [-0.2, -0.15) is 0 Å². The molecule has 1 aromatic rings. The van der Waals surface area contributed by atoms with E-state index in [-0.39, 0.29) is 5.78 Å². The summed E-state index contributed by atoms with van der Waals surface area (Å²) in [5.41, 5.74) is 5.42. The predicted molar refractivity (Wildman–Crippen MR) is 46.5 cm³/mol. The largest absolute Gasteiger partial charge is 0.314 e. The number of aromatic nitrogens is 1. The quantitative estimate of drug-likeness (QED) is 0.704. The first-order valence-corrected chi connectivity index (χ1v) is 3.76. The van der Waals surface area contributed by atoms with E-state index in [0.29, 0.717) is 5.69 Å². The Bertz CT molecular complexity index is 280. The van der Waals surface area contributed by atoms with Gasteiger partial charge in [0.05, 0.1) is 5.69 Å². The first-order chi connectivity index (χ1) is 5.55. The monoisotopic (exact) mass is 164 g/mol. The van der Waals surface area contributed by atoms with Crippen LogP contribution < -0.4 is 5.73 Å². The SMILES string of the molecule is CC(=O)[C@](C)(N)c1ccccn1. The van der Waals surface area contributed by atoms with Crippen LogP contribution in [0.3, 0.4) is 0 Å². The molecule has 0 spiro atoms. The van der Waals surface area contributed by atoms with Gasteiger partial charge in [-0.1, -0.05) is 6.07 Å².